The largest absolute Gasteiger partial charge is 0.393 e. The molecule has 0 saturated carbocycles. The van der Waals surface area contributed by atoms with Crippen molar-refractivity contribution in [3.8, 4) is 0 Å². The van der Waals surface area contributed by atoms with E-state index in [1.165, 1.54) is 29.5 Å². The zero-order valence-corrected chi connectivity index (χ0v) is 12.5. The molecule has 0 atom stereocenters. The molecule has 0 saturated heterocycles. The van der Waals surface area contributed by atoms with Crippen LogP contribution >= 0.6 is 27.3 Å². The Morgan fingerprint density at radius 3 is 2.75 bits per heavy atom. The summed E-state index contributed by atoms with van der Waals surface area (Å²) in [5.41, 5.74) is 5.12. The third kappa shape index (κ3) is 3.14. The molecule has 1 aromatic carbocycles. The summed E-state index contributed by atoms with van der Waals surface area (Å²) in [6.45, 7) is 0.307. The monoisotopic (exact) mass is 355 g/mol. The van der Waals surface area contributed by atoms with Crippen molar-refractivity contribution in [2.24, 2.45) is 0 Å². The van der Waals surface area contributed by atoms with Crippen LogP contribution in [0.3, 0.4) is 0 Å². The van der Waals surface area contributed by atoms with Gasteiger partial charge >= 0.3 is 5.69 Å². The number of nitrogens with two attached hydrogens (primary N) is 1. The number of nitro groups is 1. The van der Waals surface area contributed by atoms with Gasteiger partial charge in [0.2, 0.25) is 0 Å². The summed E-state index contributed by atoms with van der Waals surface area (Å²) in [6, 6.07) is 8.02. The van der Waals surface area contributed by atoms with Crippen molar-refractivity contribution < 1.29 is 9.72 Å². The SMILES string of the molecule is Nc1cccc(C(=O)NCc2ccc(Br)s2)c1[N+](=O)[O-]. The number of carbonyl (C=O) groups is 1. The smallest absolute Gasteiger partial charge is 0.304 e. The van der Waals surface area contributed by atoms with Gasteiger partial charge in [-0.2, -0.15) is 0 Å². The number of nitro benzene ring substituents is 1. The average molecular weight is 356 g/mol. The number of nitrogen functional groups attached to an aromatic ring is 1. The third-order valence-electron chi connectivity index (χ3n) is 2.55. The van der Waals surface area contributed by atoms with E-state index in [9.17, 15) is 14.9 Å². The molecule has 104 valence electrons. The van der Waals surface area contributed by atoms with Gasteiger partial charge in [-0.05, 0) is 40.2 Å². The van der Waals surface area contributed by atoms with E-state index >= 15 is 0 Å². The standard InChI is InChI=1S/C12H10BrN3O3S/c13-10-5-4-7(20-10)6-15-12(17)8-2-1-3-9(14)11(8)16(18)19/h1-5H,6,14H2,(H,15,17). The summed E-state index contributed by atoms with van der Waals surface area (Å²) in [5.74, 6) is -0.520. The number of benzene rings is 1. The number of carbonyl (C=O) groups excluding carboxylic acids is 1. The van der Waals surface area contributed by atoms with E-state index in [2.05, 4.69) is 21.2 Å². The van der Waals surface area contributed by atoms with Crippen molar-refractivity contribution >= 4 is 44.5 Å². The molecule has 0 fully saturated rings. The van der Waals surface area contributed by atoms with Crippen LogP contribution in [0.1, 0.15) is 15.2 Å². The van der Waals surface area contributed by atoms with Crippen molar-refractivity contribution in [3.05, 3.63) is 54.7 Å². The van der Waals surface area contributed by atoms with Gasteiger partial charge in [0.1, 0.15) is 11.3 Å². The van der Waals surface area contributed by atoms with E-state index in [0.29, 0.717) is 6.54 Å². The van der Waals surface area contributed by atoms with Gasteiger partial charge in [0.15, 0.2) is 0 Å². The molecule has 0 radical (unpaired) electrons. The molecule has 6 nitrogen and oxygen atoms in total. The first-order valence-corrected chi connectivity index (χ1v) is 7.15. The van der Waals surface area contributed by atoms with Gasteiger partial charge in [-0.1, -0.05) is 6.07 Å². The average Bonchev–Trinajstić information content (AvgIpc) is 2.81. The van der Waals surface area contributed by atoms with E-state index in [-0.39, 0.29) is 16.9 Å². The summed E-state index contributed by atoms with van der Waals surface area (Å²) in [4.78, 5) is 23.3. The first kappa shape index (κ1) is 14.5. The maximum absolute atomic E-state index is 12.0. The molecule has 2 rings (SSSR count). The minimum atomic E-state index is -0.647. The van der Waals surface area contributed by atoms with Gasteiger partial charge in [-0.25, -0.2) is 0 Å². The van der Waals surface area contributed by atoms with Crippen LogP contribution in [-0.2, 0) is 6.54 Å². The third-order valence-corrected chi connectivity index (χ3v) is 4.17. The Balaban J connectivity index is 2.17. The lowest BCUT2D eigenvalue weighted by Gasteiger charge is -2.06. The Labute approximate surface area is 126 Å². The molecule has 1 heterocycles. The van der Waals surface area contributed by atoms with Gasteiger partial charge in [-0.3, -0.25) is 14.9 Å². The van der Waals surface area contributed by atoms with Crippen LogP contribution in [0.25, 0.3) is 0 Å². The second-order valence-electron chi connectivity index (χ2n) is 3.89. The molecule has 1 aromatic heterocycles. The fourth-order valence-corrected chi connectivity index (χ4v) is 3.08. The zero-order valence-electron chi connectivity index (χ0n) is 10.1. The van der Waals surface area contributed by atoms with E-state index in [1.807, 2.05) is 12.1 Å². The molecular formula is C12H10BrN3O3S. The Hall–Kier alpha value is -1.93. The van der Waals surface area contributed by atoms with E-state index in [1.54, 1.807) is 0 Å². The fourth-order valence-electron chi connectivity index (χ4n) is 1.66. The molecule has 0 aliphatic heterocycles. The van der Waals surface area contributed by atoms with Crippen LogP contribution in [0.5, 0.6) is 0 Å². The molecule has 0 aliphatic carbocycles. The van der Waals surface area contributed by atoms with Crippen LogP contribution in [0, 0.1) is 10.1 Å². The topological polar surface area (TPSA) is 98.3 Å². The van der Waals surface area contributed by atoms with Gasteiger partial charge in [0.25, 0.3) is 5.91 Å². The number of anilines is 1. The molecule has 3 N–H and O–H groups in total. The van der Waals surface area contributed by atoms with Gasteiger partial charge in [-0.15, -0.1) is 11.3 Å². The molecule has 0 bridgehead atoms. The van der Waals surface area contributed by atoms with Crippen LogP contribution in [0.15, 0.2) is 34.1 Å². The van der Waals surface area contributed by atoms with Crippen molar-refractivity contribution in [2.75, 3.05) is 5.73 Å². The summed E-state index contributed by atoms with van der Waals surface area (Å²) < 4.78 is 0.955. The van der Waals surface area contributed by atoms with E-state index in [4.69, 9.17) is 5.73 Å². The van der Waals surface area contributed by atoms with Gasteiger partial charge in [0.05, 0.1) is 15.3 Å². The van der Waals surface area contributed by atoms with Crippen molar-refractivity contribution in [1.29, 1.82) is 0 Å². The Morgan fingerprint density at radius 1 is 1.40 bits per heavy atom. The number of nitrogens with zero attached hydrogens (tertiary/aromatic N) is 1. The quantitative estimate of drug-likeness (QED) is 0.500. The lowest BCUT2D eigenvalue weighted by atomic mass is 10.1. The van der Waals surface area contributed by atoms with E-state index in [0.717, 1.165) is 8.66 Å². The highest BCUT2D eigenvalue weighted by Crippen LogP contribution is 2.26. The first-order chi connectivity index (χ1) is 9.49. The number of para-hydroxylation sites is 1. The molecular weight excluding hydrogens is 346 g/mol. The summed E-state index contributed by atoms with van der Waals surface area (Å²) in [5, 5.41) is 13.6. The number of hydrogen-bond donors (Lipinski definition) is 2. The molecule has 8 heteroatoms. The summed E-state index contributed by atoms with van der Waals surface area (Å²) >= 11 is 4.81. The predicted octanol–water partition coefficient (Wildman–Crippen LogP) is 2.93. The van der Waals surface area contributed by atoms with Crippen molar-refractivity contribution in [1.82, 2.24) is 5.32 Å². The van der Waals surface area contributed by atoms with Crippen molar-refractivity contribution in [2.45, 2.75) is 6.54 Å². The Morgan fingerprint density at radius 2 is 2.15 bits per heavy atom. The number of rotatable bonds is 4. The normalized spacial score (nSPS) is 10.2. The second kappa shape index (κ2) is 6.02. The number of halogens is 1. The molecule has 2 aromatic rings. The highest BCUT2D eigenvalue weighted by Gasteiger charge is 2.22. The molecule has 0 aliphatic rings. The first-order valence-electron chi connectivity index (χ1n) is 5.54. The highest BCUT2D eigenvalue weighted by atomic mass is 79.9. The van der Waals surface area contributed by atoms with Crippen LogP contribution in [0.4, 0.5) is 11.4 Å². The molecule has 1 amide bonds. The lowest BCUT2D eigenvalue weighted by Crippen LogP contribution is -2.23. The number of thiophene rings is 1. The maximum atomic E-state index is 12.0. The fraction of sp³-hybridized carbons (Fsp3) is 0.0833. The van der Waals surface area contributed by atoms with Crippen LogP contribution in [0.2, 0.25) is 0 Å². The molecule has 0 spiro atoms. The number of nitrogens with one attached hydrogen (secondary N) is 1. The lowest BCUT2D eigenvalue weighted by molar-refractivity contribution is -0.384. The minimum Gasteiger partial charge on any atom is -0.393 e. The van der Waals surface area contributed by atoms with Gasteiger partial charge in [0, 0.05) is 4.88 Å². The van der Waals surface area contributed by atoms with Crippen LogP contribution in [-0.4, -0.2) is 10.8 Å². The maximum Gasteiger partial charge on any atom is 0.304 e. The molecule has 20 heavy (non-hydrogen) atoms. The van der Waals surface area contributed by atoms with Crippen molar-refractivity contribution in [3.63, 3.8) is 0 Å². The highest BCUT2D eigenvalue weighted by molar-refractivity contribution is 9.11. The number of hydrogen-bond acceptors (Lipinski definition) is 5. The van der Waals surface area contributed by atoms with Crippen LogP contribution < -0.4 is 11.1 Å². The van der Waals surface area contributed by atoms with Gasteiger partial charge < -0.3 is 11.1 Å². The van der Waals surface area contributed by atoms with E-state index < -0.39 is 10.8 Å². The minimum absolute atomic E-state index is 0.0264. The Bertz CT molecular complexity index is 672. The Kier molecular flexibility index (Phi) is 4.35. The predicted molar refractivity (Wildman–Crippen MR) is 80.7 cm³/mol. The second-order valence-corrected chi connectivity index (χ2v) is 6.44. The zero-order chi connectivity index (χ0) is 14.7. The number of amides is 1. The summed E-state index contributed by atoms with van der Waals surface area (Å²) in [7, 11) is 0. The summed E-state index contributed by atoms with van der Waals surface area (Å²) in [6.07, 6.45) is 0. The molecule has 0 unspecified atom stereocenters.